The van der Waals surface area contributed by atoms with E-state index >= 15 is 0 Å². The van der Waals surface area contributed by atoms with Crippen LogP contribution in [0.4, 0.5) is 0 Å². The SMILES string of the molecule is Cc1[nH]ncc1CNC[C@H](C)N1CCc2sccc2C1. The Morgan fingerprint density at radius 2 is 2.45 bits per heavy atom. The van der Waals surface area contributed by atoms with Crippen molar-refractivity contribution in [2.45, 2.75) is 39.4 Å². The maximum Gasteiger partial charge on any atom is 0.0535 e. The van der Waals surface area contributed by atoms with E-state index in [-0.39, 0.29) is 0 Å². The molecule has 0 unspecified atom stereocenters. The number of nitrogens with zero attached hydrogens (tertiary/aromatic N) is 2. The summed E-state index contributed by atoms with van der Waals surface area (Å²) in [5.74, 6) is 0. The quantitative estimate of drug-likeness (QED) is 0.888. The minimum atomic E-state index is 0.565. The van der Waals surface area contributed by atoms with Crippen LogP contribution in [-0.4, -0.2) is 34.2 Å². The van der Waals surface area contributed by atoms with Crippen molar-refractivity contribution in [3.8, 4) is 0 Å². The molecule has 3 rings (SSSR count). The minimum absolute atomic E-state index is 0.565. The summed E-state index contributed by atoms with van der Waals surface area (Å²) in [7, 11) is 0. The second-order valence-electron chi connectivity index (χ2n) is 5.59. The Morgan fingerprint density at radius 3 is 3.25 bits per heavy atom. The summed E-state index contributed by atoms with van der Waals surface area (Å²) in [6, 6.07) is 2.84. The molecule has 5 heteroatoms. The van der Waals surface area contributed by atoms with Crippen LogP contribution in [0, 0.1) is 6.92 Å². The zero-order valence-corrected chi connectivity index (χ0v) is 13.0. The molecule has 108 valence electrons. The van der Waals surface area contributed by atoms with Crippen LogP contribution in [0.1, 0.15) is 28.6 Å². The lowest BCUT2D eigenvalue weighted by Gasteiger charge is -2.32. The summed E-state index contributed by atoms with van der Waals surface area (Å²) >= 11 is 1.90. The number of aromatic nitrogens is 2. The van der Waals surface area contributed by atoms with Gasteiger partial charge in [-0.1, -0.05) is 0 Å². The Hall–Kier alpha value is -1.17. The summed E-state index contributed by atoms with van der Waals surface area (Å²) in [6.45, 7) is 8.57. The lowest BCUT2D eigenvalue weighted by atomic mass is 10.1. The lowest BCUT2D eigenvalue weighted by molar-refractivity contribution is 0.188. The first kappa shape index (κ1) is 13.8. The van der Waals surface area contributed by atoms with Crippen molar-refractivity contribution in [2.75, 3.05) is 13.1 Å². The molecule has 2 N–H and O–H groups in total. The molecule has 2 aromatic heterocycles. The van der Waals surface area contributed by atoms with Gasteiger partial charge in [0.25, 0.3) is 0 Å². The van der Waals surface area contributed by atoms with Crippen LogP contribution >= 0.6 is 11.3 Å². The topological polar surface area (TPSA) is 44.0 Å². The lowest BCUT2D eigenvalue weighted by Crippen LogP contribution is -2.42. The maximum absolute atomic E-state index is 4.05. The first-order chi connectivity index (χ1) is 9.74. The van der Waals surface area contributed by atoms with Crippen molar-refractivity contribution in [2.24, 2.45) is 0 Å². The monoisotopic (exact) mass is 290 g/mol. The molecule has 0 amide bonds. The second-order valence-corrected chi connectivity index (χ2v) is 6.59. The van der Waals surface area contributed by atoms with E-state index in [1.165, 1.54) is 24.1 Å². The summed E-state index contributed by atoms with van der Waals surface area (Å²) in [6.07, 6.45) is 3.11. The molecule has 0 aliphatic carbocycles. The van der Waals surface area contributed by atoms with Crippen molar-refractivity contribution in [3.63, 3.8) is 0 Å². The van der Waals surface area contributed by atoms with Crippen LogP contribution in [0.15, 0.2) is 17.6 Å². The van der Waals surface area contributed by atoms with Gasteiger partial charge in [0.1, 0.15) is 0 Å². The Bertz CT molecular complexity index is 560. The third-order valence-electron chi connectivity index (χ3n) is 4.15. The summed E-state index contributed by atoms with van der Waals surface area (Å²) in [4.78, 5) is 4.15. The highest BCUT2D eigenvalue weighted by molar-refractivity contribution is 7.10. The largest absolute Gasteiger partial charge is 0.311 e. The first-order valence-electron chi connectivity index (χ1n) is 7.23. The normalized spacial score (nSPS) is 17.1. The number of rotatable bonds is 5. The van der Waals surface area contributed by atoms with Gasteiger partial charge in [-0.2, -0.15) is 5.10 Å². The van der Waals surface area contributed by atoms with Crippen LogP contribution in [0.25, 0.3) is 0 Å². The molecule has 3 heterocycles. The predicted molar refractivity (Wildman–Crippen MR) is 82.9 cm³/mol. The molecule has 2 aromatic rings. The summed E-state index contributed by atoms with van der Waals surface area (Å²) in [5.41, 5.74) is 3.95. The fourth-order valence-electron chi connectivity index (χ4n) is 2.75. The van der Waals surface area contributed by atoms with Crippen molar-refractivity contribution in [1.82, 2.24) is 20.4 Å². The van der Waals surface area contributed by atoms with Gasteiger partial charge in [-0.25, -0.2) is 0 Å². The highest BCUT2D eigenvalue weighted by Crippen LogP contribution is 2.24. The van der Waals surface area contributed by atoms with E-state index in [4.69, 9.17) is 0 Å². The molecule has 1 aliphatic heterocycles. The van der Waals surface area contributed by atoms with E-state index in [0.29, 0.717) is 6.04 Å². The average molecular weight is 290 g/mol. The highest BCUT2D eigenvalue weighted by atomic mass is 32.1. The van der Waals surface area contributed by atoms with Crippen molar-refractivity contribution < 1.29 is 0 Å². The third-order valence-corrected chi connectivity index (χ3v) is 5.17. The maximum atomic E-state index is 4.05. The first-order valence-corrected chi connectivity index (χ1v) is 8.11. The van der Waals surface area contributed by atoms with Gasteiger partial charge < -0.3 is 5.32 Å². The van der Waals surface area contributed by atoms with Gasteiger partial charge >= 0.3 is 0 Å². The van der Waals surface area contributed by atoms with Gasteiger partial charge in [-0.15, -0.1) is 11.3 Å². The van der Waals surface area contributed by atoms with Gasteiger partial charge in [0.05, 0.1) is 6.20 Å². The summed E-state index contributed by atoms with van der Waals surface area (Å²) < 4.78 is 0. The van der Waals surface area contributed by atoms with Crippen LogP contribution in [-0.2, 0) is 19.5 Å². The molecular formula is C15H22N4S. The van der Waals surface area contributed by atoms with Gasteiger partial charge in [0.15, 0.2) is 0 Å². The third kappa shape index (κ3) is 2.95. The molecule has 0 radical (unpaired) electrons. The standard InChI is InChI=1S/C15H22N4S/c1-11(7-16-8-14-9-17-18-12(14)2)19-5-3-15-13(10-19)4-6-20-15/h4,6,9,11,16H,3,5,7-8,10H2,1-2H3,(H,17,18)/t11-/m0/s1. The smallest absolute Gasteiger partial charge is 0.0535 e. The molecule has 1 aliphatic rings. The van der Waals surface area contributed by atoms with Gasteiger partial charge in [-0.05, 0) is 37.3 Å². The molecule has 0 fully saturated rings. The molecular weight excluding hydrogens is 268 g/mol. The molecule has 0 bridgehead atoms. The highest BCUT2D eigenvalue weighted by Gasteiger charge is 2.21. The van der Waals surface area contributed by atoms with E-state index < -0.39 is 0 Å². The Kier molecular flexibility index (Phi) is 4.19. The number of thiophene rings is 1. The molecule has 0 saturated carbocycles. The molecule has 20 heavy (non-hydrogen) atoms. The van der Waals surface area contributed by atoms with E-state index in [9.17, 15) is 0 Å². The van der Waals surface area contributed by atoms with E-state index in [1.54, 1.807) is 4.88 Å². The van der Waals surface area contributed by atoms with Gasteiger partial charge in [0.2, 0.25) is 0 Å². The number of H-pyrrole nitrogens is 1. The molecule has 4 nitrogen and oxygen atoms in total. The number of nitrogens with one attached hydrogen (secondary N) is 2. The van der Waals surface area contributed by atoms with Crippen molar-refractivity contribution >= 4 is 11.3 Å². The van der Waals surface area contributed by atoms with Crippen molar-refractivity contribution in [1.29, 1.82) is 0 Å². The predicted octanol–water partition coefficient (Wildman–Crippen LogP) is 2.32. The summed E-state index contributed by atoms with van der Waals surface area (Å²) in [5, 5.41) is 12.8. The number of aromatic amines is 1. The molecule has 0 saturated heterocycles. The fraction of sp³-hybridized carbons (Fsp3) is 0.533. The van der Waals surface area contributed by atoms with Crippen LogP contribution in [0.3, 0.4) is 0 Å². The number of hydrogen-bond acceptors (Lipinski definition) is 4. The molecule has 0 spiro atoms. The van der Waals surface area contributed by atoms with Gasteiger partial charge in [-0.3, -0.25) is 10.00 Å². The Labute approximate surface area is 124 Å². The fourth-order valence-corrected chi connectivity index (χ4v) is 3.63. The van der Waals surface area contributed by atoms with E-state index in [2.05, 4.69) is 45.7 Å². The molecule has 1 atom stereocenters. The molecule has 0 aromatic carbocycles. The Morgan fingerprint density at radius 1 is 1.55 bits per heavy atom. The van der Waals surface area contributed by atoms with Crippen molar-refractivity contribution in [3.05, 3.63) is 39.3 Å². The van der Waals surface area contributed by atoms with Crippen LogP contribution in [0.5, 0.6) is 0 Å². The number of fused-ring (bicyclic) bond motifs is 1. The van der Waals surface area contributed by atoms with Crippen LogP contribution < -0.4 is 5.32 Å². The van der Waals surface area contributed by atoms with Crippen LogP contribution in [0.2, 0.25) is 0 Å². The van der Waals surface area contributed by atoms with Gasteiger partial charge in [0, 0.05) is 48.4 Å². The van der Waals surface area contributed by atoms with E-state index in [0.717, 1.165) is 25.3 Å². The zero-order chi connectivity index (χ0) is 13.9. The Balaban J connectivity index is 1.48. The minimum Gasteiger partial charge on any atom is -0.311 e. The number of aryl methyl sites for hydroxylation is 1. The second kappa shape index (κ2) is 6.08. The van der Waals surface area contributed by atoms with E-state index in [1.807, 2.05) is 17.5 Å². The average Bonchev–Trinajstić information content (AvgIpc) is 3.07. The zero-order valence-electron chi connectivity index (χ0n) is 12.1. The number of hydrogen-bond donors (Lipinski definition) is 2.